The number of rotatable bonds is 0. The number of hydrogen-bond donors (Lipinski definition) is 0. The molecule has 13 heavy (non-hydrogen) atoms. The summed E-state index contributed by atoms with van der Waals surface area (Å²) in [5.41, 5.74) is 4.25. The average Bonchev–Trinajstić information content (AvgIpc) is 2.33. The Balaban J connectivity index is 3.03. The highest BCUT2D eigenvalue weighted by Gasteiger charge is 2.08. The molecule has 2 rings (SSSR count). The van der Waals surface area contributed by atoms with E-state index in [4.69, 9.17) is 0 Å². The Morgan fingerprint density at radius 3 is 2.54 bits per heavy atom. The minimum absolute atomic E-state index is 1.13. The lowest BCUT2D eigenvalue weighted by Gasteiger charge is -1.98. The van der Waals surface area contributed by atoms with Crippen LogP contribution < -0.4 is 5.32 Å². The van der Waals surface area contributed by atoms with E-state index < -0.39 is 0 Å². The Kier molecular flexibility index (Phi) is 1.80. The van der Waals surface area contributed by atoms with E-state index in [0.717, 1.165) is 10.2 Å². The van der Waals surface area contributed by atoms with Crippen LogP contribution in [0.5, 0.6) is 0 Å². The Morgan fingerprint density at radius 1 is 1.23 bits per heavy atom. The van der Waals surface area contributed by atoms with Crippen LogP contribution in [0.25, 0.3) is 10.9 Å². The van der Waals surface area contributed by atoms with Crippen LogP contribution in [0, 0.1) is 13.8 Å². The van der Waals surface area contributed by atoms with Crippen molar-refractivity contribution in [1.29, 1.82) is 0 Å². The van der Waals surface area contributed by atoms with Gasteiger partial charge < -0.3 is 4.57 Å². The molecule has 0 saturated heterocycles. The van der Waals surface area contributed by atoms with Crippen molar-refractivity contribution in [2.45, 2.75) is 13.8 Å². The number of aromatic nitrogens is 1. The number of fused-ring (bicyclic) bond motifs is 1. The van der Waals surface area contributed by atoms with Crippen molar-refractivity contribution in [3.05, 3.63) is 29.3 Å². The lowest BCUT2D eigenvalue weighted by atomic mass is 10.1. The highest BCUT2D eigenvalue weighted by molar-refractivity contribution is 6.34. The van der Waals surface area contributed by atoms with E-state index in [1.165, 1.54) is 27.3 Å². The highest BCUT2D eigenvalue weighted by atomic mass is 28.1. The molecule has 0 bridgehead atoms. The molecule has 0 aliphatic carbocycles. The van der Waals surface area contributed by atoms with Gasteiger partial charge in [0.25, 0.3) is 0 Å². The van der Waals surface area contributed by atoms with Crippen LogP contribution in [0.15, 0.2) is 18.2 Å². The molecule has 1 nitrogen and oxygen atoms in total. The molecule has 0 amide bonds. The van der Waals surface area contributed by atoms with Gasteiger partial charge >= 0.3 is 0 Å². The first kappa shape index (κ1) is 8.57. The van der Waals surface area contributed by atoms with Gasteiger partial charge in [-0.05, 0) is 36.4 Å². The number of nitrogens with zero attached hydrogens (tertiary/aromatic N) is 1. The van der Waals surface area contributed by atoms with Gasteiger partial charge in [-0.1, -0.05) is 12.1 Å². The molecular weight excluding hydrogens is 174 g/mol. The van der Waals surface area contributed by atoms with Crippen LogP contribution in [0.4, 0.5) is 0 Å². The first-order chi connectivity index (χ1) is 6.13. The van der Waals surface area contributed by atoms with E-state index in [-0.39, 0.29) is 0 Å². The van der Waals surface area contributed by atoms with Crippen molar-refractivity contribution in [2.24, 2.45) is 7.05 Å². The van der Waals surface area contributed by atoms with Gasteiger partial charge in [-0.25, -0.2) is 0 Å². The van der Waals surface area contributed by atoms with Gasteiger partial charge in [0, 0.05) is 18.0 Å². The molecule has 0 atom stereocenters. The third kappa shape index (κ3) is 1.05. The lowest BCUT2D eigenvalue weighted by molar-refractivity contribution is 0.999. The molecule has 2 heteroatoms. The van der Waals surface area contributed by atoms with Gasteiger partial charge in [-0.2, -0.15) is 0 Å². The van der Waals surface area contributed by atoms with Gasteiger partial charge in [0.2, 0.25) is 0 Å². The maximum Gasteiger partial charge on any atom is 0.0599 e. The lowest BCUT2D eigenvalue weighted by Crippen LogP contribution is -2.14. The standard InChI is InChI=1S/C11H15NSi/c1-7-5-4-6-9-10(7)8(2)11(13)12(9)3/h4-6H,1-3,13H3. The second-order valence-electron chi connectivity index (χ2n) is 3.74. The van der Waals surface area contributed by atoms with E-state index in [9.17, 15) is 0 Å². The van der Waals surface area contributed by atoms with E-state index >= 15 is 0 Å². The molecule has 68 valence electrons. The summed E-state index contributed by atoms with van der Waals surface area (Å²) >= 11 is 0. The van der Waals surface area contributed by atoms with Gasteiger partial charge in [0.1, 0.15) is 0 Å². The van der Waals surface area contributed by atoms with Gasteiger partial charge in [0.15, 0.2) is 0 Å². The SMILES string of the molecule is Cc1cccc2c1c(C)c([SiH3])n2C. The molecule has 0 radical (unpaired) electrons. The minimum atomic E-state index is 1.13. The first-order valence-electron chi connectivity index (χ1n) is 4.64. The van der Waals surface area contributed by atoms with Crippen LogP contribution >= 0.6 is 0 Å². The van der Waals surface area contributed by atoms with Gasteiger partial charge in [0.05, 0.1) is 10.2 Å². The molecule has 0 unspecified atom stereocenters. The summed E-state index contributed by atoms with van der Waals surface area (Å²) in [5, 5.41) is 2.96. The molecule has 2 aromatic rings. The van der Waals surface area contributed by atoms with Crippen LogP contribution in [-0.2, 0) is 7.05 Å². The molecular formula is C11H15NSi. The van der Waals surface area contributed by atoms with Crippen LogP contribution in [-0.4, -0.2) is 14.8 Å². The van der Waals surface area contributed by atoms with Crippen LogP contribution in [0.1, 0.15) is 11.1 Å². The monoisotopic (exact) mass is 189 g/mol. The fourth-order valence-electron chi connectivity index (χ4n) is 2.03. The maximum atomic E-state index is 2.32. The van der Waals surface area contributed by atoms with Crippen molar-refractivity contribution in [1.82, 2.24) is 4.57 Å². The fourth-order valence-corrected chi connectivity index (χ4v) is 2.52. The Morgan fingerprint density at radius 2 is 1.92 bits per heavy atom. The van der Waals surface area contributed by atoms with Crippen molar-refractivity contribution in [3.8, 4) is 0 Å². The summed E-state index contributed by atoms with van der Waals surface area (Å²) in [6.07, 6.45) is 0. The quantitative estimate of drug-likeness (QED) is 0.540. The second kappa shape index (κ2) is 2.74. The molecule has 1 aromatic heterocycles. The predicted octanol–water partition coefficient (Wildman–Crippen LogP) is 0.786. The summed E-state index contributed by atoms with van der Waals surface area (Å²) in [5.74, 6) is 0. The predicted molar refractivity (Wildman–Crippen MR) is 62.0 cm³/mol. The topological polar surface area (TPSA) is 4.93 Å². The summed E-state index contributed by atoms with van der Waals surface area (Å²) in [6.45, 7) is 4.42. The Hall–Kier alpha value is -1.02. The Labute approximate surface area is 81.8 Å². The van der Waals surface area contributed by atoms with Crippen molar-refractivity contribution in [2.75, 3.05) is 0 Å². The molecule has 1 heterocycles. The van der Waals surface area contributed by atoms with E-state index in [2.05, 4.69) is 43.7 Å². The second-order valence-corrected chi connectivity index (χ2v) is 4.69. The molecule has 0 spiro atoms. The van der Waals surface area contributed by atoms with Crippen LogP contribution in [0.2, 0.25) is 0 Å². The summed E-state index contributed by atoms with van der Waals surface area (Å²) in [4.78, 5) is 0. The zero-order valence-corrected chi connectivity index (χ0v) is 10.7. The number of benzene rings is 1. The van der Waals surface area contributed by atoms with E-state index in [1.807, 2.05) is 0 Å². The maximum absolute atomic E-state index is 2.32. The Bertz CT molecular complexity index is 468. The third-order valence-corrected chi connectivity index (χ3v) is 4.45. The smallest absolute Gasteiger partial charge is 0.0599 e. The summed E-state index contributed by atoms with van der Waals surface area (Å²) in [6, 6.07) is 6.53. The number of aryl methyl sites for hydroxylation is 3. The average molecular weight is 189 g/mol. The van der Waals surface area contributed by atoms with Gasteiger partial charge in [-0.15, -0.1) is 0 Å². The molecule has 0 saturated carbocycles. The largest absolute Gasteiger partial charge is 0.352 e. The van der Waals surface area contributed by atoms with Crippen molar-refractivity contribution < 1.29 is 0 Å². The summed E-state index contributed by atoms with van der Waals surface area (Å²) in [7, 11) is 3.29. The normalized spacial score (nSPS) is 11.3. The van der Waals surface area contributed by atoms with Gasteiger partial charge in [-0.3, -0.25) is 0 Å². The third-order valence-electron chi connectivity index (χ3n) is 3.03. The zero-order valence-electron chi connectivity index (χ0n) is 8.68. The first-order valence-corrected chi connectivity index (χ1v) is 5.64. The van der Waals surface area contributed by atoms with E-state index in [1.54, 1.807) is 0 Å². The molecule has 0 N–H and O–H groups in total. The molecule has 1 aromatic carbocycles. The van der Waals surface area contributed by atoms with Crippen LogP contribution in [0.3, 0.4) is 0 Å². The van der Waals surface area contributed by atoms with Crippen molar-refractivity contribution >= 4 is 26.5 Å². The fraction of sp³-hybridized carbons (Fsp3) is 0.273. The number of hydrogen-bond acceptors (Lipinski definition) is 0. The minimum Gasteiger partial charge on any atom is -0.352 e. The van der Waals surface area contributed by atoms with Crippen molar-refractivity contribution in [3.63, 3.8) is 0 Å². The summed E-state index contributed by atoms with van der Waals surface area (Å²) < 4.78 is 2.32. The zero-order chi connectivity index (χ0) is 9.59. The molecule has 0 aliphatic rings. The molecule has 0 aliphatic heterocycles. The molecule has 0 fully saturated rings. The highest BCUT2D eigenvalue weighted by Crippen LogP contribution is 2.21. The van der Waals surface area contributed by atoms with E-state index in [0.29, 0.717) is 0 Å².